The highest BCUT2D eigenvalue weighted by atomic mass is 16.4. The minimum absolute atomic E-state index is 0.00780. The number of carboxylic acid groups (broad SMARTS) is 1. The lowest BCUT2D eigenvalue weighted by molar-refractivity contribution is 0.0947. The molecule has 1 aromatic carbocycles. The van der Waals surface area contributed by atoms with Crippen LogP contribution in [0.3, 0.4) is 0 Å². The number of hydrogen-bond acceptors (Lipinski definition) is 4. The summed E-state index contributed by atoms with van der Waals surface area (Å²) in [5, 5.41) is 14.6. The molecule has 1 aliphatic rings. The van der Waals surface area contributed by atoms with Crippen LogP contribution in [-0.4, -0.2) is 33.5 Å². The van der Waals surface area contributed by atoms with Gasteiger partial charge in [-0.1, -0.05) is 18.2 Å². The smallest absolute Gasteiger partial charge is 0.404 e. The molecule has 0 spiro atoms. The van der Waals surface area contributed by atoms with Gasteiger partial charge in [-0.05, 0) is 36.6 Å². The van der Waals surface area contributed by atoms with E-state index in [1.54, 1.807) is 12.4 Å². The van der Waals surface area contributed by atoms with Crippen molar-refractivity contribution in [3.05, 3.63) is 66.1 Å². The predicted molar refractivity (Wildman–Crippen MR) is 106 cm³/mol. The van der Waals surface area contributed by atoms with Gasteiger partial charge >= 0.3 is 6.09 Å². The van der Waals surface area contributed by atoms with E-state index in [1.165, 1.54) is 0 Å². The van der Waals surface area contributed by atoms with E-state index >= 15 is 0 Å². The van der Waals surface area contributed by atoms with Gasteiger partial charge in [0.2, 0.25) is 0 Å². The highest BCUT2D eigenvalue weighted by molar-refractivity contribution is 6.07. The Bertz CT molecular complexity index is 999. The first-order valence-electron chi connectivity index (χ1n) is 9.09. The van der Waals surface area contributed by atoms with Crippen molar-refractivity contribution < 1.29 is 14.7 Å². The summed E-state index contributed by atoms with van der Waals surface area (Å²) in [5.41, 5.74) is 4.89. The number of carbonyl (C=O) groups is 2. The molecule has 1 unspecified atom stereocenters. The van der Waals surface area contributed by atoms with Crippen molar-refractivity contribution in [2.45, 2.75) is 12.8 Å². The number of aromatic nitrogens is 2. The van der Waals surface area contributed by atoms with Gasteiger partial charge in [-0.2, -0.15) is 0 Å². The third-order valence-corrected chi connectivity index (χ3v) is 4.88. The summed E-state index contributed by atoms with van der Waals surface area (Å²) < 4.78 is 0. The summed E-state index contributed by atoms with van der Waals surface area (Å²) in [7, 11) is 0. The van der Waals surface area contributed by atoms with Gasteiger partial charge in [0.25, 0.3) is 0 Å². The maximum atomic E-state index is 12.9. The van der Waals surface area contributed by atoms with E-state index in [-0.39, 0.29) is 18.2 Å². The highest BCUT2D eigenvalue weighted by Crippen LogP contribution is 2.39. The Morgan fingerprint density at radius 3 is 2.61 bits per heavy atom. The second-order valence-electron chi connectivity index (χ2n) is 6.84. The Morgan fingerprint density at radius 1 is 1.14 bits per heavy atom. The molecule has 7 heteroatoms. The van der Waals surface area contributed by atoms with Crippen molar-refractivity contribution in [3.63, 3.8) is 0 Å². The number of fused-ring (bicyclic) bond motifs is 1. The van der Waals surface area contributed by atoms with Crippen LogP contribution in [0.2, 0.25) is 0 Å². The maximum Gasteiger partial charge on any atom is 0.404 e. The molecule has 28 heavy (non-hydrogen) atoms. The van der Waals surface area contributed by atoms with Gasteiger partial charge in [0.15, 0.2) is 5.78 Å². The molecule has 142 valence electrons. The van der Waals surface area contributed by atoms with Crippen LogP contribution < -0.4 is 10.6 Å². The highest BCUT2D eigenvalue weighted by Gasteiger charge is 2.31. The van der Waals surface area contributed by atoms with Crippen LogP contribution in [-0.2, 0) is 6.42 Å². The molecule has 1 amide bonds. The molecule has 4 rings (SSSR count). The Hall–Kier alpha value is -3.61. The van der Waals surface area contributed by atoms with E-state index in [1.807, 2.05) is 42.5 Å². The number of anilines is 2. The van der Waals surface area contributed by atoms with Crippen LogP contribution in [0.15, 0.2) is 54.9 Å². The summed E-state index contributed by atoms with van der Waals surface area (Å²) in [6.07, 6.45) is 3.26. The fourth-order valence-electron chi connectivity index (χ4n) is 3.64. The zero-order valence-corrected chi connectivity index (χ0v) is 15.1. The monoisotopic (exact) mass is 376 g/mol. The van der Waals surface area contributed by atoms with Gasteiger partial charge in [0.05, 0.1) is 16.9 Å². The van der Waals surface area contributed by atoms with Crippen molar-refractivity contribution in [1.82, 2.24) is 15.3 Å². The summed E-state index contributed by atoms with van der Waals surface area (Å²) >= 11 is 0. The summed E-state index contributed by atoms with van der Waals surface area (Å²) in [6.45, 7) is 0.256. The zero-order valence-electron chi connectivity index (χ0n) is 15.1. The summed E-state index contributed by atoms with van der Waals surface area (Å²) in [6, 6.07) is 13.5. The number of amides is 1. The largest absolute Gasteiger partial charge is 0.465 e. The number of aromatic amines is 1. The second-order valence-corrected chi connectivity index (χ2v) is 6.84. The van der Waals surface area contributed by atoms with Gasteiger partial charge < -0.3 is 20.7 Å². The number of ketones is 1. The van der Waals surface area contributed by atoms with Crippen molar-refractivity contribution in [1.29, 1.82) is 0 Å². The van der Waals surface area contributed by atoms with Gasteiger partial charge in [-0.3, -0.25) is 9.78 Å². The summed E-state index contributed by atoms with van der Waals surface area (Å²) in [5.74, 6) is -0.0574. The molecule has 7 nitrogen and oxygen atoms in total. The van der Waals surface area contributed by atoms with E-state index in [0.29, 0.717) is 18.4 Å². The van der Waals surface area contributed by atoms with Crippen LogP contribution in [0, 0.1) is 5.92 Å². The van der Waals surface area contributed by atoms with E-state index in [2.05, 4.69) is 20.6 Å². The van der Waals surface area contributed by atoms with Crippen LogP contribution in [0.25, 0.3) is 11.3 Å². The van der Waals surface area contributed by atoms with Gasteiger partial charge in [0.1, 0.15) is 0 Å². The first kappa shape index (κ1) is 17.8. The second kappa shape index (κ2) is 7.56. The van der Waals surface area contributed by atoms with Crippen LogP contribution in [0.4, 0.5) is 16.2 Å². The molecule has 0 radical (unpaired) electrons. The Morgan fingerprint density at radius 2 is 1.89 bits per heavy atom. The average molecular weight is 376 g/mol. The zero-order chi connectivity index (χ0) is 19.5. The molecule has 0 bridgehead atoms. The van der Waals surface area contributed by atoms with E-state index in [9.17, 15) is 9.59 Å². The van der Waals surface area contributed by atoms with E-state index in [4.69, 9.17) is 5.11 Å². The lowest BCUT2D eigenvalue weighted by atomic mass is 9.86. The molecule has 0 saturated carbocycles. The number of nitrogens with zero attached hydrogens (tertiary/aromatic N) is 1. The standard InChI is InChI=1S/C21H20N4O3/c26-17-11-13(12-23-21(27)28)10-16-18(17)20(24-15-4-2-1-3-5-15)19(25-16)14-6-8-22-9-7-14/h1-9,13,23-25H,10-12H2,(H,27,28). The third kappa shape index (κ3) is 3.59. The normalized spacial score (nSPS) is 15.7. The van der Waals surface area contributed by atoms with Crippen molar-refractivity contribution >= 4 is 23.3 Å². The third-order valence-electron chi connectivity index (χ3n) is 4.88. The Kier molecular flexibility index (Phi) is 4.80. The Balaban J connectivity index is 1.74. The molecule has 1 atom stereocenters. The molecule has 0 fully saturated rings. The number of benzene rings is 1. The first-order chi connectivity index (χ1) is 13.6. The van der Waals surface area contributed by atoms with Crippen molar-refractivity contribution in [2.24, 2.45) is 5.92 Å². The lowest BCUT2D eigenvalue weighted by Crippen LogP contribution is -2.32. The maximum absolute atomic E-state index is 12.9. The van der Waals surface area contributed by atoms with Crippen LogP contribution in [0.5, 0.6) is 0 Å². The van der Waals surface area contributed by atoms with Gasteiger partial charge in [-0.15, -0.1) is 0 Å². The minimum Gasteiger partial charge on any atom is -0.465 e. The average Bonchev–Trinajstić information content (AvgIpc) is 3.06. The minimum atomic E-state index is -1.08. The molecule has 1 aliphatic carbocycles. The number of carbonyl (C=O) groups excluding carboxylic acids is 1. The number of pyridine rings is 1. The van der Waals surface area contributed by atoms with Crippen molar-refractivity contribution in [2.75, 3.05) is 11.9 Å². The number of para-hydroxylation sites is 1. The molecule has 3 aromatic rings. The molecule has 2 aromatic heterocycles. The van der Waals surface area contributed by atoms with Gasteiger partial charge in [0, 0.05) is 42.3 Å². The predicted octanol–water partition coefficient (Wildman–Crippen LogP) is 3.83. The quantitative estimate of drug-likeness (QED) is 0.541. The summed E-state index contributed by atoms with van der Waals surface area (Å²) in [4.78, 5) is 31.2. The fraction of sp³-hybridized carbons (Fsp3) is 0.190. The lowest BCUT2D eigenvalue weighted by Gasteiger charge is -2.21. The molecule has 0 aliphatic heterocycles. The fourth-order valence-corrected chi connectivity index (χ4v) is 3.64. The van der Waals surface area contributed by atoms with Gasteiger partial charge in [-0.25, -0.2) is 4.79 Å². The van der Waals surface area contributed by atoms with E-state index in [0.717, 1.165) is 28.3 Å². The molecular formula is C21H20N4O3. The first-order valence-corrected chi connectivity index (χ1v) is 9.09. The number of Topliss-reactive ketones (excluding diaryl/α,β-unsaturated/α-hetero) is 1. The molecular weight excluding hydrogens is 356 g/mol. The van der Waals surface area contributed by atoms with E-state index < -0.39 is 6.09 Å². The molecule has 0 saturated heterocycles. The van der Waals surface area contributed by atoms with Crippen molar-refractivity contribution in [3.8, 4) is 11.3 Å². The topological polar surface area (TPSA) is 107 Å². The number of rotatable bonds is 5. The molecule has 2 heterocycles. The molecule has 4 N–H and O–H groups in total. The Labute approximate surface area is 161 Å². The SMILES string of the molecule is O=C(O)NCC1CC(=O)c2c([nH]c(-c3ccncc3)c2Nc2ccccc2)C1. The van der Waals surface area contributed by atoms with Crippen LogP contribution >= 0.6 is 0 Å². The van der Waals surface area contributed by atoms with Crippen LogP contribution in [0.1, 0.15) is 22.5 Å². The number of nitrogens with one attached hydrogen (secondary N) is 3. The number of hydrogen-bond donors (Lipinski definition) is 4. The number of H-pyrrole nitrogens is 1.